The first kappa shape index (κ1) is 9.53. The molecule has 0 aromatic carbocycles. The molecule has 0 N–H and O–H groups in total. The molecule has 68 valence electrons. The van der Waals surface area contributed by atoms with E-state index in [1.165, 1.54) is 44.5 Å². The lowest BCUT2D eigenvalue weighted by atomic mass is 10.1. The first-order valence-electron chi connectivity index (χ1n) is 4.85. The summed E-state index contributed by atoms with van der Waals surface area (Å²) in [6.07, 6.45) is 7.12. The molecule has 1 aliphatic heterocycles. The Hall–Kier alpha value is -0.560. The molecular formula is C11H19N. The molecule has 0 bridgehead atoms. The molecule has 0 amide bonds. The van der Waals surface area contributed by atoms with Gasteiger partial charge < -0.3 is 4.90 Å². The molecule has 1 heteroatoms. The monoisotopic (exact) mass is 165 g/mol. The van der Waals surface area contributed by atoms with Gasteiger partial charge in [0.1, 0.15) is 0 Å². The molecule has 0 unspecified atom stereocenters. The number of hydrogen-bond donors (Lipinski definition) is 0. The molecule has 0 aromatic rings. The van der Waals surface area contributed by atoms with Gasteiger partial charge >= 0.3 is 0 Å². The Labute approximate surface area is 75.8 Å². The van der Waals surface area contributed by atoms with E-state index in [1.54, 1.807) is 0 Å². The summed E-state index contributed by atoms with van der Waals surface area (Å²) in [6, 6.07) is 0. The predicted octanol–water partition coefficient (Wildman–Crippen LogP) is 2.60. The molecule has 0 saturated carbocycles. The van der Waals surface area contributed by atoms with Gasteiger partial charge in [0.2, 0.25) is 0 Å². The van der Waals surface area contributed by atoms with Crippen LogP contribution in [0.25, 0.3) is 0 Å². The Kier molecular flexibility index (Phi) is 4.09. The predicted molar refractivity (Wildman–Crippen MR) is 54.2 cm³/mol. The smallest absolute Gasteiger partial charge is 0.00216 e. The standard InChI is InChI=1S/C11H19N/c1-3-11(2)7-10-12-8-5-4-6-9-12/h3H,1-2,4-10H2. The zero-order valence-electron chi connectivity index (χ0n) is 7.89. The highest BCUT2D eigenvalue weighted by molar-refractivity contribution is 5.10. The number of likely N-dealkylation sites (tertiary alicyclic amines) is 1. The van der Waals surface area contributed by atoms with Crippen LogP contribution in [0.3, 0.4) is 0 Å². The molecule has 1 heterocycles. The maximum Gasteiger partial charge on any atom is 0.00216 e. The number of rotatable bonds is 4. The molecule has 0 radical (unpaired) electrons. The van der Waals surface area contributed by atoms with Crippen LogP contribution >= 0.6 is 0 Å². The SMILES string of the molecule is C=CC(=C)CCN1CCCCC1. The minimum absolute atomic E-state index is 1.09. The van der Waals surface area contributed by atoms with E-state index in [-0.39, 0.29) is 0 Å². The van der Waals surface area contributed by atoms with E-state index in [0.29, 0.717) is 0 Å². The van der Waals surface area contributed by atoms with Crippen LogP contribution in [0.4, 0.5) is 0 Å². The maximum absolute atomic E-state index is 3.91. The lowest BCUT2D eigenvalue weighted by Gasteiger charge is -2.26. The largest absolute Gasteiger partial charge is 0.303 e. The van der Waals surface area contributed by atoms with Gasteiger partial charge in [0, 0.05) is 6.54 Å². The highest BCUT2D eigenvalue weighted by Crippen LogP contribution is 2.10. The van der Waals surface area contributed by atoms with Crippen molar-refractivity contribution < 1.29 is 0 Å². The highest BCUT2D eigenvalue weighted by Gasteiger charge is 2.08. The van der Waals surface area contributed by atoms with Crippen molar-refractivity contribution in [2.24, 2.45) is 0 Å². The summed E-state index contributed by atoms with van der Waals surface area (Å²) in [5, 5.41) is 0. The molecule has 1 aliphatic rings. The number of piperidine rings is 1. The Balaban J connectivity index is 2.12. The zero-order valence-corrected chi connectivity index (χ0v) is 7.89. The van der Waals surface area contributed by atoms with Crippen LogP contribution in [0.2, 0.25) is 0 Å². The van der Waals surface area contributed by atoms with Gasteiger partial charge in [-0.15, -0.1) is 0 Å². The Bertz CT molecular complexity index is 154. The Morgan fingerprint density at radius 2 is 1.92 bits per heavy atom. The normalized spacial score (nSPS) is 19.0. The average Bonchev–Trinajstić information content (AvgIpc) is 2.16. The van der Waals surface area contributed by atoms with Crippen molar-refractivity contribution in [3.05, 3.63) is 24.8 Å². The summed E-state index contributed by atoms with van der Waals surface area (Å²) in [6.45, 7) is 11.4. The van der Waals surface area contributed by atoms with Gasteiger partial charge in [0.15, 0.2) is 0 Å². The van der Waals surface area contributed by atoms with Crippen LogP contribution in [0, 0.1) is 0 Å². The lowest BCUT2D eigenvalue weighted by Crippen LogP contribution is -2.30. The zero-order chi connectivity index (χ0) is 8.81. The molecular weight excluding hydrogens is 146 g/mol. The maximum atomic E-state index is 3.91. The van der Waals surface area contributed by atoms with Crippen LogP contribution in [0.1, 0.15) is 25.7 Å². The van der Waals surface area contributed by atoms with Crippen LogP contribution in [-0.4, -0.2) is 24.5 Å². The number of hydrogen-bond acceptors (Lipinski definition) is 1. The van der Waals surface area contributed by atoms with E-state index in [0.717, 1.165) is 6.42 Å². The molecule has 0 aromatic heterocycles. The molecule has 1 saturated heterocycles. The Morgan fingerprint density at radius 1 is 1.25 bits per heavy atom. The summed E-state index contributed by atoms with van der Waals surface area (Å²) in [5.41, 5.74) is 1.17. The van der Waals surface area contributed by atoms with Gasteiger partial charge in [-0.25, -0.2) is 0 Å². The quantitative estimate of drug-likeness (QED) is 0.579. The molecule has 0 aliphatic carbocycles. The third-order valence-corrected chi connectivity index (χ3v) is 2.49. The van der Waals surface area contributed by atoms with Crippen LogP contribution < -0.4 is 0 Å². The van der Waals surface area contributed by atoms with Gasteiger partial charge in [0.05, 0.1) is 0 Å². The van der Waals surface area contributed by atoms with Gasteiger partial charge in [0.25, 0.3) is 0 Å². The summed E-state index contributed by atoms with van der Waals surface area (Å²) < 4.78 is 0. The highest BCUT2D eigenvalue weighted by atomic mass is 15.1. The van der Waals surface area contributed by atoms with Gasteiger partial charge in [-0.1, -0.05) is 31.2 Å². The second-order valence-electron chi connectivity index (χ2n) is 3.51. The topological polar surface area (TPSA) is 3.24 Å². The number of allylic oxidation sites excluding steroid dienone is 1. The molecule has 1 rings (SSSR count). The second kappa shape index (κ2) is 5.15. The third-order valence-electron chi connectivity index (χ3n) is 2.49. The van der Waals surface area contributed by atoms with E-state index in [2.05, 4.69) is 18.1 Å². The minimum Gasteiger partial charge on any atom is -0.303 e. The summed E-state index contributed by atoms with van der Waals surface area (Å²) in [5.74, 6) is 0. The van der Waals surface area contributed by atoms with E-state index in [9.17, 15) is 0 Å². The van der Waals surface area contributed by atoms with E-state index in [4.69, 9.17) is 0 Å². The van der Waals surface area contributed by atoms with Crippen LogP contribution in [0.5, 0.6) is 0 Å². The molecule has 1 fully saturated rings. The minimum atomic E-state index is 1.09. The molecule has 1 nitrogen and oxygen atoms in total. The molecule has 0 atom stereocenters. The van der Waals surface area contributed by atoms with Crippen molar-refractivity contribution in [2.45, 2.75) is 25.7 Å². The van der Waals surface area contributed by atoms with Crippen molar-refractivity contribution in [3.8, 4) is 0 Å². The van der Waals surface area contributed by atoms with Gasteiger partial charge in [-0.3, -0.25) is 0 Å². The van der Waals surface area contributed by atoms with Crippen molar-refractivity contribution in [1.82, 2.24) is 4.90 Å². The third kappa shape index (κ3) is 3.22. The van der Waals surface area contributed by atoms with Crippen molar-refractivity contribution in [3.63, 3.8) is 0 Å². The Morgan fingerprint density at radius 3 is 2.50 bits per heavy atom. The fourth-order valence-electron chi connectivity index (χ4n) is 1.59. The first-order valence-corrected chi connectivity index (χ1v) is 4.85. The summed E-state index contributed by atoms with van der Waals surface area (Å²) in [7, 11) is 0. The number of nitrogens with zero attached hydrogens (tertiary/aromatic N) is 1. The van der Waals surface area contributed by atoms with E-state index < -0.39 is 0 Å². The second-order valence-corrected chi connectivity index (χ2v) is 3.51. The first-order chi connectivity index (χ1) is 5.83. The van der Waals surface area contributed by atoms with Crippen LogP contribution in [0.15, 0.2) is 24.8 Å². The van der Waals surface area contributed by atoms with Crippen molar-refractivity contribution in [1.29, 1.82) is 0 Å². The summed E-state index contributed by atoms with van der Waals surface area (Å²) >= 11 is 0. The lowest BCUT2D eigenvalue weighted by molar-refractivity contribution is 0.232. The van der Waals surface area contributed by atoms with Crippen molar-refractivity contribution >= 4 is 0 Å². The summed E-state index contributed by atoms with van der Waals surface area (Å²) in [4.78, 5) is 2.53. The van der Waals surface area contributed by atoms with Gasteiger partial charge in [-0.05, 0) is 32.4 Å². The molecule has 0 spiro atoms. The average molecular weight is 165 g/mol. The van der Waals surface area contributed by atoms with Crippen molar-refractivity contribution in [2.75, 3.05) is 19.6 Å². The van der Waals surface area contributed by atoms with E-state index >= 15 is 0 Å². The van der Waals surface area contributed by atoms with Crippen LogP contribution in [-0.2, 0) is 0 Å². The fraction of sp³-hybridized carbons (Fsp3) is 0.636. The molecule has 12 heavy (non-hydrogen) atoms. The van der Waals surface area contributed by atoms with E-state index in [1.807, 2.05) is 6.08 Å². The van der Waals surface area contributed by atoms with Gasteiger partial charge in [-0.2, -0.15) is 0 Å². The fourth-order valence-corrected chi connectivity index (χ4v) is 1.59.